The largest absolute Gasteiger partial charge is 0.437 e. The third-order valence-electron chi connectivity index (χ3n) is 4.70. The van der Waals surface area contributed by atoms with E-state index in [1.165, 1.54) is 24.3 Å². The number of aromatic nitrogens is 2. The number of benzene rings is 2. The van der Waals surface area contributed by atoms with E-state index < -0.39 is 23.7 Å². The molecular weight excluding hydrogens is 407 g/mol. The van der Waals surface area contributed by atoms with Gasteiger partial charge in [0.25, 0.3) is 0 Å². The molecule has 0 spiro atoms. The third-order valence-corrected chi connectivity index (χ3v) is 4.95. The molecule has 29 heavy (non-hydrogen) atoms. The molecule has 3 aromatic rings. The third kappa shape index (κ3) is 3.93. The van der Waals surface area contributed by atoms with Crippen molar-refractivity contribution in [2.75, 3.05) is 0 Å². The van der Waals surface area contributed by atoms with Crippen molar-refractivity contribution in [1.29, 1.82) is 0 Å². The Morgan fingerprint density at radius 1 is 1.17 bits per heavy atom. The summed E-state index contributed by atoms with van der Waals surface area (Å²) in [6, 6.07) is 13.0. The Morgan fingerprint density at radius 3 is 2.62 bits per heavy atom. The number of aryl methyl sites for hydroxylation is 1. The first kappa shape index (κ1) is 19.3. The molecule has 1 amide bonds. The second kappa shape index (κ2) is 7.44. The van der Waals surface area contributed by atoms with Crippen molar-refractivity contribution >= 4 is 17.7 Å². The first-order valence-electron chi connectivity index (χ1n) is 8.80. The molecule has 0 fully saturated rings. The molecule has 0 saturated carbocycles. The van der Waals surface area contributed by atoms with Crippen LogP contribution in [0.2, 0.25) is 5.02 Å². The van der Waals surface area contributed by atoms with E-state index in [1.807, 2.05) is 24.3 Å². The van der Waals surface area contributed by atoms with Crippen molar-refractivity contribution in [3.63, 3.8) is 0 Å². The van der Waals surface area contributed by atoms with Crippen molar-refractivity contribution in [1.82, 2.24) is 15.1 Å². The molecule has 1 aliphatic carbocycles. The van der Waals surface area contributed by atoms with Gasteiger partial charge in [0.2, 0.25) is 0 Å². The number of nitrogens with zero attached hydrogens (tertiary/aromatic N) is 2. The SMILES string of the molecule is O=C(NC1CCc2ccccc21)Oc1cnn(-c2ccc(Cl)cc2)c1C(F)(F)F. The number of amides is 1. The normalized spacial score (nSPS) is 15.8. The number of nitrogens with one attached hydrogen (secondary N) is 1. The summed E-state index contributed by atoms with van der Waals surface area (Å²) in [5.41, 5.74) is 1.00. The molecule has 4 rings (SSSR count). The molecule has 0 bridgehead atoms. The molecule has 9 heteroatoms. The van der Waals surface area contributed by atoms with Gasteiger partial charge in [0.1, 0.15) is 0 Å². The lowest BCUT2D eigenvalue weighted by molar-refractivity contribution is -0.143. The zero-order valence-electron chi connectivity index (χ0n) is 14.9. The Hall–Kier alpha value is -3.00. The molecule has 150 valence electrons. The van der Waals surface area contributed by atoms with E-state index in [1.54, 1.807) is 0 Å². The monoisotopic (exact) mass is 421 g/mol. The highest BCUT2D eigenvalue weighted by molar-refractivity contribution is 6.30. The molecule has 0 aliphatic heterocycles. The molecule has 1 unspecified atom stereocenters. The standard InChI is InChI=1S/C20H15ClF3N3O2/c21-13-6-8-14(9-7-13)27-18(20(22,23)24)17(11-25-27)29-19(28)26-16-10-5-12-3-1-2-4-15(12)16/h1-4,6-9,11,16H,5,10H2,(H,26,28). The average molecular weight is 422 g/mol. The maximum atomic E-state index is 13.7. The molecule has 2 aromatic carbocycles. The minimum atomic E-state index is -4.79. The topological polar surface area (TPSA) is 56.1 Å². The number of fused-ring (bicyclic) bond motifs is 1. The van der Waals surface area contributed by atoms with Crippen molar-refractivity contribution in [3.8, 4) is 11.4 Å². The van der Waals surface area contributed by atoms with Gasteiger partial charge in [0, 0.05) is 5.02 Å². The van der Waals surface area contributed by atoms with Gasteiger partial charge in [-0.1, -0.05) is 35.9 Å². The van der Waals surface area contributed by atoms with Gasteiger partial charge in [-0.25, -0.2) is 9.48 Å². The van der Waals surface area contributed by atoms with Crippen LogP contribution in [0.25, 0.3) is 5.69 Å². The zero-order valence-corrected chi connectivity index (χ0v) is 15.7. The summed E-state index contributed by atoms with van der Waals surface area (Å²) in [5.74, 6) is -0.670. The summed E-state index contributed by atoms with van der Waals surface area (Å²) in [4.78, 5) is 12.3. The number of rotatable bonds is 3. The molecule has 0 radical (unpaired) electrons. The van der Waals surface area contributed by atoms with Crippen molar-refractivity contribution in [3.05, 3.63) is 76.6 Å². The number of carbonyl (C=O) groups excluding carboxylic acids is 1. The van der Waals surface area contributed by atoms with Gasteiger partial charge in [-0.15, -0.1) is 0 Å². The van der Waals surface area contributed by atoms with E-state index in [9.17, 15) is 18.0 Å². The quantitative estimate of drug-likeness (QED) is 0.622. The molecule has 1 N–H and O–H groups in total. The lowest BCUT2D eigenvalue weighted by atomic mass is 10.1. The number of ether oxygens (including phenoxy) is 1. The second-order valence-corrected chi connectivity index (χ2v) is 7.00. The average Bonchev–Trinajstić information content (AvgIpc) is 3.27. The van der Waals surface area contributed by atoms with E-state index in [4.69, 9.17) is 16.3 Å². The van der Waals surface area contributed by atoms with Crippen molar-refractivity contribution in [2.45, 2.75) is 25.1 Å². The van der Waals surface area contributed by atoms with Gasteiger partial charge in [-0.2, -0.15) is 18.3 Å². The van der Waals surface area contributed by atoms with Crippen LogP contribution in [0.4, 0.5) is 18.0 Å². The van der Waals surface area contributed by atoms with E-state index in [2.05, 4.69) is 10.4 Å². The molecule has 0 saturated heterocycles. The first-order valence-corrected chi connectivity index (χ1v) is 9.18. The smallest absolute Gasteiger partial charge is 0.406 e. The van der Waals surface area contributed by atoms with Gasteiger partial charge < -0.3 is 10.1 Å². The van der Waals surface area contributed by atoms with E-state index in [0.717, 1.165) is 23.7 Å². The Bertz CT molecular complexity index is 1050. The highest BCUT2D eigenvalue weighted by Gasteiger charge is 2.40. The molecule has 1 heterocycles. The summed E-state index contributed by atoms with van der Waals surface area (Å²) >= 11 is 5.79. The fraction of sp³-hybridized carbons (Fsp3) is 0.200. The van der Waals surface area contributed by atoms with Crippen LogP contribution in [0.5, 0.6) is 5.75 Å². The van der Waals surface area contributed by atoms with Crippen LogP contribution in [0, 0.1) is 0 Å². The summed E-state index contributed by atoms with van der Waals surface area (Å²) in [6.07, 6.45) is -3.44. The maximum absolute atomic E-state index is 13.7. The summed E-state index contributed by atoms with van der Waals surface area (Å²) in [7, 11) is 0. The molecule has 1 aliphatic rings. The van der Waals surface area contributed by atoms with Crippen LogP contribution in [-0.4, -0.2) is 15.9 Å². The van der Waals surface area contributed by atoms with Crippen LogP contribution < -0.4 is 10.1 Å². The molecule has 1 aromatic heterocycles. The van der Waals surface area contributed by atoms with Crippen LogP contribution in [-0.2, 0) is 12.6 Å². The first-order chi connectivity index (χ1) is 13.8. The minimum Gasteiger partial charge on any atom is -0.406 e. The van der Waals surface area contributed by atoms with Crippen molar-refractivity contribution < 1.29 is 22.7 Å². The predicted octanol–water partition coefficient (Wildman–Crippen LogP) is 5.32. The highest BCUT2D eigenvalue weighted by Crippen LogP contribution is 2.38. The lowest BCUT2D eigenvalue weighted by Crippen LogP contribution is -2.30. The van der Waals surface area contributed by atoms with Gasteiger partial charge in [-0.3, -0.25) is 0 Å². The minimum absolute atomic E-state index is 0.140. The van der Waals surface area contributed by atoms with Crippen molar-refractivity contribution in [2.24, 2.45) is 0 Å². The highest BCUT2D eigenvalue weighted by atomic mass is 35.5. The van der Waals surface area contributed by atoms with Crippen LogP contribution in [0.1, 0.15) is 29.3 Å². The maximum Gasteiger partial charge on any atom is 0.437 e. The Balaban J connectivity index is 1.57. The lowest BCUT2D eigenvalue weighted by Gasteiger charge is -2.15. The number of hydrogen-bond acceptors (Lipinski definition) is 3. The van der Waals surface area contributed by atoms with E-state index in [-0.39, 0.29) is 11.7 Å². The molecule has 1 atom stereocenters. The zero-order chi connectivity index (χ0) is 20.6. The fourth-order valence-corrected chi connectivity index (χ4v) is 3.55. The Labute approximate surface area is 169 Å². The van der Waals surface area contributed by atoms with Crippen LogP contribution in [0.3, 0.4) is 0 Å². The summed E-state index contributed by atoms with van der Waals surface area (Å²) in [5, 5.41) is 6.76. The Kier molecular flexibility index (Phi) is 4.96. The number of halogens is 4. The van der Waals surface area contributed by atoms with Crippen LogP contribution in [0.15, 0.2) is 54.7 Å². The molecule has 5 nitrogen and oxygen atoms in total. The Morgan fingerprint density at radius 2 is 1.90 bits per heavy atom. The fourth-order valence-electron chi connectivity index (χ4n) is 3.42. The van der Waals surface area contributed by atoms with E-state index >= 15 is 0 Å². The predicted molar refractivity (Wildman–Crippen MR) is 100 cm³/mol. The van der Waals surface area contributed by atoms with Gasteiger partial charge >= 0.3 is 12.3 Å². The second-order valence-electron chi connectivity index (χ2n) is 6.57. The molecular formula is C20H15ClF3N3O2. The van der Waals surface area contributed by atoms with Gasteiger partial charge in [0.15, 0.2) is 11.4 Å². The number of alkyl halides is 3. The summed E-state index contributed by atoms with van der Waals surface area (Å²) in [6.45, 7) is 0. The number of carbonyl (C=O) groups is 1. The van der Waals surface area contributed by atoms with Crippen LogP contribution >= 0.6 is 11.6 Å². The van der Waals surface area contributed by atoms with Gasteiger partial charge in [0.05, 0.1) is 17.9 Å². The number of hydrogen-bond donors (Lipinski definition) is 1. The van der Waals surface area contributed by atoms with Gasteiger partial charge in [-0.05, 0) is 48.2 Å². The summed E-state index contributed by atoms with van der Waals surface area (Å²) < 4.78 is 46.6. The van der Waals surface area contributed by atoms with E-state index in [0.29, 0.717) is 16.1 Å².